The van der Waals surface area contributed by atoms with Gasteiger partial charge in [-0.2, -0.15) is 5.10 Å². The SMILES string of the molecule is COc1ccc(CN2C(=O)c3[nH]nc(-c4ccc(C)cc4)c3C2c2cc(OC)c(O)c(OC)c2)cc1. The summed E-state index contributed by atoms with van der Waals surface area (Å²) >= 11 is 0. The fourth-order valence-electron chi connectivity index (χ4n) is 4.64. The standard InChI is InChI=1S/C28H27N3O5/c1-16-5-9-18(10-6-16)24-23-25(30-29-24)28(33)31(15-17-7-11-20(34-2)12-8-17)26(23)19-13-21(35-3)27(32)22(14-19)36-4/h5-14,26,32H,15H2,1-4H3,(H,29,30). The molecule has 1 aliphatic rings. The van der Waals surface area contributed by atoms with Gasteiger partial charge in [0.25, 0.3) is 5.91 Å². The minimum Gasteiger partial charge on any atom is -0.502 e. The van der Waals surface area contributed by atoms with Gasteiger partial charge < -0.3 is 24.2 Å². The number of H-pyrrole nitrogens is 1. The molecule has 0 saturated carbocycles. The molecule has 0 aliphatic carbocycles. The first-order valence-electron chi connectivity index (χ1n) is 11.5. The third-order valence-electron chi connectivity index (χ3n) is 6.52. The summed E-state index contributed by atoms with van der Waals surface area (Å²) in [6.07, 6.45) is 0. The van der Waals surface area contributed by atoms with Crippen LogP contribution >= 0.6 is 0 Å². The number of aromatic hydroxyl groups is 1. The van der Waals surface area contributed by atoms with Gasteiger partial charge in [-0.3, -0.25) is 9.89 Å². The van der Waals surface area contributed by atoms with Gasteiger partial charge in [-0.25, -0.2) is 0 Å². The number of phenolic OH excluding ortho intramolecular Hbond substituents is 1. The van der Waals surface area contributed by atoms with E-state index in [2.05, 4.69) is 10.2 Å². The van der Waals surface area contributed by atoms with Crippen LogP contribution in [0.1, 0.15) is 38.8 Å². The summed E-state index contributed by atoms with van der Waals surface area (Å²) in [5.41, 5.74) is 5.63. The molecule has 2 N–H and O–H groups in total. The van der Waals surface area contributed by atoms with Crippen molar-refractivity contribution < 1.29 is 24.1 Å². The maximum absolute atomic E-state index is 13.7. The minimum absolute atomic E-state index is 0.0963. The van der Waals surface area contributed by atoms with Crippen molar-refractivity contribution in [2.75, 3.05) is 21.3 Å². The van der Waals surface area contributed by atoms with E-state index in [1.54, 1.807) is 24.1 Å². The van der Waals surface area contributed by atoms with E-state index in [1.165, 1.54) is 14.2 Å². The smallest absolute Gasteiger partial charge is 0.273 e. The summed E-state index contributed by atoms with van der Waals surface area (Å²) in [4.78, 5) is 15.5. The average molecular weight is 486 g/mol. The van der Waals surface area contributed by atoms with Crippen LogP contribution in [0.2, 0.25) is 0 Å². The molecule has 5 rings (SSSR count). The van der Waals surface area contributed by atoms with Crippen LogP contribution in [0.25, 0.3) is 11.3 Å². The molecule has 1 unspecified atom stereocenters. The number of phenols is 1. The third-order valence-corrected chi connectivity index (χ3v) is 6.52. The van der Waals surface area contributed by atoms with Crippen molar-refractivity contribution in [1.82, 2.24) is 15.1 Å². The van der Waals surface area contributed by atoms with Gasteiger partial charge >= 0.3 is 0 Å². The van der Waals surface area contributed by atoms with Gasteiger partial charge in [-0.15, -0.1) is 0 Å². The topological polar surface area (TPSA) is 96.9 Å². The van der Waals surface area contributed by atoms with Crippen LogP contribution in [0.5, 0.6) is 23.0 Å². The lowest BCUT2D eigenvalue weighted by atomic mass is 9.95. The molecule has 1 aromatic heterocycles. The zero-order valence-electron chi connectivity index (χ0n) is 20.5. The van der Waals surface area contributed by atoms with Gasteiger partial charge in [-0.05, 0) is 42.3 Å². The molecule has 2 heterocycles. The van der Waals surface area contributed by atoms with Crippen molar-refractivity contribution in [3.63, 3.8) is 0 Å². The molecule has 36 heavy (non-hydrogen) atoms. The monoisotopic (exact) mass is 485 g/mol. The molecule has 184 valence electrons. The Morgan fingerprint density at radius 3 is 2.17 bits per heavy atom. The Balaban J connectivity index is 1.67. The summed E-state index contributed by atoms with van der Waals surface area (Å²) in [6, 6.07) is 18.6. The van der Waals surface area contributed by atoms with Crippen molar-refractivity contribution in [3.8, 4) is 34.3 Å². The van der Waals surface area contributed by atoms with Crippen molar-refractivity contribution in [1.29, 1.82) is 0 Å². The highest BCUT2D eigenvalue weighted by Crippen LogP contribution is 2.47. The number of carbonyl (C=O) groups excluding carboxylic acids is 1. The molecule has 8 nitrogen and oxygen atoms in total. The highest BCUT2D eigenvalue weighted by atomic mass is 16.5. The number of carbonyl (C=O) groups is 1. The fourth-order valence-corrected chi connectivity index (χ4v) is 4.64. The van der Waals surface area contributed by atoms with Crippen LogP contribution in [-0.2, 0) is 6.54 Å². The summed E-state index contributed by atoms with van der Waals surface area (Å²) in [5.74, 6) is 1.00. The Kier molecular flexibility index (Phi) is 6.01. The highest BCUT2D eigenvalue weighted by molar-refractivity contribution is 6.00. The Morgan fingerprint density at radius 1 is 0.944 bits per heavy atom. The number of aromatic nitrogens is 2. The van der Waals surface area contributed by atoms with Gasteiger partial charge in [0, 0.05) is 17.7 Å². The van der Waals surface area contributed by atoms with E-state index in [-0.39, 0.29) is 23.2 Å². The van der Waals surface area contributed by atoms with Crippen LogP contribution in [0, 0.1) is 6.92 Å². The van der Waals surface area contributed by atoms with E-state index in [0.717, 1.165) is 33.6 Å². The van der Waals surface area contributed by atoms with Crippen molar-refractivity contribution in [2.45, 2.75) is 19.5 Å². The molecular formula is C28H27N3O5. The van der Waals surface area contributed by atoms with E-state index in [4.69, 9.17) is 14.2 Å². The predicted molar refractivity (Wildman–Crippen MR) is 135 cm³/mol. The van der Waals surface area contributed by atoms with Crippen LogP contribution in [-0.4, -0.2) is 47.4 Å². The number of ether oxygens (including phenoxy) is 3. The zero-order valence-corrected chi connectivity index (χ0v) is 20.5. The van der Waals surface area contributed by atoms with E-state index >= 15 is 0 Å². The molecule has 4 aromatic rings. The molecule has 0 spiro atoms. The number of aromatic amines is 1. The number of benzene rings is 3. The first-order valence-corrected chi connectivity index (χ1v) is 11.5. The van der Waals surface area contributed by atoms with Gasteiger partial charge in [0.05, 0.1) is 33.1 Å². The normalized spacial score (nSPS) is 14.6. The highest BCUT2D eigenvalue weighted by Gasteiger charge is 2.42. The number of nitrogens with one attached hydrogen (secondary N) is 1. The number of methoxy groups -OCH3 is 3. The molecule has 1 atom stereocenters. The van der Waals surface area contributed by atoms with Gasteiger partial charge in [0.1, 0.15) is 11.4 Å². The van der Waals surface area contributed by atoms with E-state index < -0.39 is 6.04 Å². The Labute approximate surface area is 209 Å². The van der Waals surface area contributed by atoms with Crippen LogP contribution in [0.4, 0.5) is 0 Å². The molecule has 8 heteroatoms. The number of aryl methyl sites for hydroxylation is 1. The fraction of sp³-hybridized carbons (Fsp3) is 0.214. The van der Waals surface area contributed by atoms with Gasteiger partial charge in [-0.1, -0.05) is 42.0 Å². The van der Waals surface area contributed by atoms with Crippen LogP contribution < -0.4 is 14.2 Å². The first-order chi connectivity index (χ1) is 17.4. The second-order valence-corrected chi connectivity index (χ2v) is 8.68. The average Bonchev–Trinajstić information content (AvgIpc) is 3.44. The summed E-state index contributed by atoms with van der Waals surface area (Å²) < 4.78 is 16.1. The van der Waals surface area contributed by atoms with Crippen molar-refractivity contribution >= 4 is 5.91 Å². The molecule has 0 fully saturated rings. The lowest BCUT2D eigenvalue weighted by molar-refractivity contribution is 0.0729. The van der Waals surface area contributed by atoms with E-state index in [1.807, 2.05) is 55.5 Å². The molecule has 0 radical (unpaired) electrons. The lowest BCUT2D eigenvalue weighted by Crippen LogP contribution is -2.29. The Hall–Kier alpha value is -4.46. The zero-order chi connectivity index (χ0) is 25.4. The van der Waals surface area contributed by atoms with E-state index in [9.17, 15) is 9.90 Å². The van der Waals surface area contributed by atoms with Gasteiger partial charge in [0.2, 0.25) is 5.75 Å². The van der Waals surface area contributed by atoms with Crippen molar-refractivity contribution in [2.24, 2.45) is 0 Å². The van der Waals surface area contributed by atoms with E-state index in [0.29, 0.717) is 17.9 Å². The molecule has 0 bridgehead atoms. The Morgan fingerprint density at radius 2 is 1.58 bits per heavy atom. The summed E-state index contributed by atoms with van der Waals surface area (Å²) in [5, 5.41) is 18.0. The van der Waals surface area contributed by atoms with Crippen LogP contribution in [0.3, 0.4) is 0 Å². The lowest BCUT2D eigenvalue weighted by Gasteiger charge is -2.27. The number of fused-ring (bicyclic) bond motifs is 1. The third kappa shape index (κ3) is 3.90. The molecule has 3 aromatic carbocycles. The number of hydrogen-bond acceptors (Lipinski definition) is 6. The number of hydrogen-bond donors (Lipinski definition) is 2. The Bertz CT molecular complexity index is 1390. The minimum atomic E-state index is -0.493. The predicted octanol–water partition coefficient (Wildman–Crippen LogP) is 4.86. The largest absolute Gasteiger partial charge is 0.502 e. The van der Waals surface area contributed by atoms with Gasteiger partial charge in [0.15, 0.2) is 11.5 Å². The maximum atomic E-state index is 13.7. The molecule has 1 amide bonds. The van der Waals surface area contributed by atoms with Crippen LogP contribution in [0.15, 0.2) is 60.7 Å². The summed E-state index contributed by atoms with van der Waals surface area (Å²) in [7, 11) is 4.58. The number of rotatable bonds is 7. The molecular weight excluding hydrogens is 458 g/mol. The second-order valence-electron chi connectivity index (χ2n) is 8.68. The molecule has 1 aliphatic heterocycles. The van der Waals surface area contributed by atoms with Crippen molar-refractivity contribution in [3.05, 3.63) is 88.6 Å². The molecule has 0 saturated heterocycles. The number of amides is 1. The second kappa shape index (κ2) is 9.30. The quantitative estimate of drug-likeness (QED) is 0.388. The first kappa shape index (κ1) is 23.3. The summed E-state index contributed by atoms with van der Waals surface area (Å²) in [6.45, 7) is 2.38. The number of nitrogens with zero attached hydrogens (tertiary/aromatic N) is 2. The maximum Gasteiger partial charge on any atom is 0.273 e.